The Hall–Kier alpha value is 0.340. The maximum Gasteiger partial charge on any atom is 0.0611 e. The fourth-order valence-corrected chi connectivity index (χ4v) is 0.534. The van der Waals surface area contributed by atoms with Gasteiger partial charge in [0.15, 0.2) is 0 Å². The van der Waals surface area contributed by atoms with Crippen LogP contribution in [-0.4, -0.2) is 12.5 Å². The highest BCUT2D eigenvalue weighted by molar-refractivity contribution is 7.36. The summed E-state index contributed by atoms with van der Waals surface area (Å²) in [5.41, 5.74) is 0. The van der Waals surface area contributed by atoms with E-state index in [-0.39, 0.29) is 12.5 Å². The van der Waals surface area contributed by atoms with Gasteiger partial charge in [0.1, 0.15) is 0 Å². The Labute approximate surface area is 60.9 Å². The molecule has 0 fully saturated rings. The SMILES string of the molecule is C=C.[O-]P([O-])OCCCl. The Kier molecular flexibility index (Phi) is 15.0. The molecule has 0 aliphatic carbocycles. The summed E-state index contributed by atoms with van der Waals surface area (Å²) >= 11 is 5.05. The molecule has 0 heterocycles. The highest BCUT2D eigenvalue weighted by Gasteiger charge is 1.74. The summed E-state index contributed by atoms with van der Waals surface area (Å²) in [6, 6.07) is 0. The van der Waals surface area contributed by atoms with Gasteiger partial charge >= 0.3 is 0 Å². The molecule has 0 amide bonds. The van der Waals surface area contributed by atoms with Gasteiger partial charge < -0.3 is 14.3 Å². The highest BCUT2D eigenvalue weighted by atomic mass is 35.5. The third-order valence-corrected chi connectivity index (χ3v) is 0.822. The van der Waals surface area contributed by atoms with Gasteiger partial charge in [0.05, 0.1) is 6.61 Å². The molecule has 0 spiro atoms. The average Bonchev–Trinajstić information content (AvgIpc) is 1.88. The third kappa shape index (κ3) is 17.8. The van der Waals surface area contributed by atoms with Crippen LogP contribution in [0.5, 0.6) is 0 Å². The van der Waals surface area contributed by atoms with Crippen molar-refractivity contribution in [1.29, 1.82) is 0 Å². The van der Waals surface area contributed by atoms with Crippen LogP contribution in [0, 0.1) is 0 Å². The standard InChI is InChI=1S/C2H4ClO3P.C2H4/c3-1-2-6-7(4)5;1-2/h1-2H2;1-2H2/q-2;. The zero-order valence-electron chi connectivity index (χ0n) is 4.88. The van der Waals surface area contributed by atoms with E-state index in [0.717, 1.165) is 0 Å². The topological polar surface area (TPSA) is 55.3 Å². The summed E-state index contributed by atoms with van der Waals surface area (Å²) < 4.78 is 4.01. The maximum atomic E-state index is 9.51. The van der Waals surface area contributed by atoms with Crippen LogP contribution in [0.25, 0.3) is 0 Å². The number of hydrogen-bond acceptors (Lipinski definition) is 3. The Bertz CT molecular complexity index is 53.1. The molecule has 0 unspecified atom stereocenters. The summed E-state index contributed by atoms with van der Waals surface area (Å²) in [5.74, 6) is 0.212. The molecule has 0 atom stereocenters. The molecular weight excluding hydrogens is 162 g/mol. The van der Waals surface area contributed by atoms with E-state index in [0.29, 0.717) is 0 Å². The van der Waals surface area contributed by atoms with Gasteiger partial charge in [-0.2, -0.15) is 8.60 Å². The van der Waals surface area contributed by atoms with Gasteiger partial charge in [-0.15, -0.1) is 24.8 Å². The maximum absolute atomic E-state index is 9.51. The van der Waals surface area contributed by atoms with Gasteiger partial charge in [0.25, 0.3) is 0 Å². The molecule has 3 nitrogen and oxygen atoms in total. The van der Waals surface area contributed by atoms with Gasteiger partial charge in [-0.25, -0.2) is 0 Å². The van der Waals surface area contributed by atoms with Gasteiger partial charge in [0, 0.05) is 5.88 Å². The van der Waals surface area contributed by atoms with Crippen molar-refractivity contribution in [1.82, 2.24) is 0 Å². The molecule has 0 rings (SSSR count). The van der Waals surface area contributed by atoms with Crippen LogP contribution >= 0.6 is 20.2 Å². The fraction of sp³-hybridized carbons (Fsp3) is 0.500. The molecule has 0 aromatic rings. The average molecular weight is 171 g/mol. The number of rotatable bonds is 3. The Balaban J connectivity index is 0. The van der Waals surface area contributed by atoms with E-state index in [9.17, 15) is 9.79 Å². The van der Waals surface area contributed by atoms with Crippen molar-refractivity contribution in [3.05, 3.63) is 13.2 Å². The van der Waals surface area contributed by atoms with Crippen LogP contribution in [0.4, 0.5) is 0 Å². The molecule has 0 radical (unpaired) electrons. The van der Waals surface area contributed by atoms with Crippen LogP contribution in [-0.2, 0) is 4.52 Å². The van der Waals surface area contributed by atoms with Crippen molar-refractivity contribution in [3.8, 4) is 0 Å². The molecule has 0 saturated heterocycles. The minimum absolute atomic E-state index is 0.0697. The molecule has 0 aliphatic rings. The minimum Gasteiger partial charge on any atom is -0.820 e. The predicted octanol–water partition coefficient (Wildman–Crippen LogP) is -0.00850. The molecule has 0 N–H and O–H groups in total. The summed E-state index contributed by atoms with van der Waals surface area (Å²) in [4.78, 5) is 19.0. The lowest BCUT2D eigenvalue weighted by Gasteiger charge is -2.28. The van der Waals surface area contributed by atoms with Crippen molar-refractivity contribution in [3.63, 3.8) is 0 Å². The second kappa shape index (κ2) is 11.2. The van der Waals surface area contributed by atoms with Crippen molar-refractivity contribution < 1.29 is 14.3 Å². The summed E-state index contributed by atoms with van der Waals surface area (Å²) in [5, 5.41) is 0. The first-order valence-corrected chi connectivity index (χ1v) is 3.73. The zero-order valence-corrected chi connectivity index (χ0v) is 6.53. The van der Waals surface area contributed by atoms with Crippen molar-refractivity contribution in [2.75, 3.05) is 12.5 Å². The van der Waals surface area contributed by atoms with Crippen molar-refractivity contribution >= 4 is 20.2 Å². The molecular formula is C4H8ClO3P-2. The molecule has 56 valence electrons. The van der Waals surface area contributed by atoms with Gasteiger partial charge in [-0.1, -0.05) is 0 Å². The predicted molar refractivity (Wildman–Crippen MR) is 34.8 cm³/mol. The van der Waals surface area contributed by atoms with E-state index in [4.69, 9.17) is 11.6 Å². The third-order valence-electron chi connectivity index (χ3n) is 0.274. The molecule has 0 aliphatic heterocycles. The Morgan fingerprint density at radius 3 is 2.00 bits per heavy atom. The second-order valence-electron chi connectivity index (χ2n) is 0.746. The second-order valence-corrected chi connectivity index (χ2v) is 1.83. The number of hydrogen-bond donors (Lipinski definition) is 0. The lowest BCUT2D eigenvalue weighted by atomic mass is 10.9. The molecule has 0 aromatic carbocycles. The van der Waals surface area contributed by atoms with Crippen LogP contribution in [0.3, 0.4) is 0 Å². The van der Waals surface area contributed by atoms with E-state index >= 15 is 0 Å². The summed E-state index contributed by atoms with van der Waals surface area (Å²) in [6.07, 6.45) is 0. The molecule has 5 heteroatoms. The molecule has 0 saturated carbocycles. The van der Waals surface area contributed by atoms with E-state index in [2.05, 4.69) is 17.7 Å². The van der Waals surface area contributed by atoms with Crippen molar-refractivity contribution in [2.45, 2.75) is 0 Å². The highest BCUT2D eigenvalue weighted by Crippen LogP contribution is 2.11. The molecule has 0 bridgehead atoms. The lowest BCUT2D eigenvalue weighted by Crippen LogP contribution is -2.11. The molecule has 0 aromatic heterocycles. The van der Waals surface area contributed by atoms with E-state index in [1.54, 1.807) is 0 Å². The van der Waals surface area contributed by atoms with E-state index in [1.165, 1.54) is 0 Å². The van der Waals surface area contributed by atoms with Gasteiger partial charge in [0.2, 0.25) is 0 Å². The van der Waals surface area contributed by atoms with Crippen LogP contribution in [0.2, 0.25) is 0 Å². The van der Waals surface area contributed by atoms with Gasteiger partial charge in [-0.3, -0.25) is 0 Å². The first-order valence-electron chi connectivity index (χ1n) is 2.10. The monoisotopic (exact) mass is 170 g/mol. The van der Waals surface area contributed by atoms with Crippen LogP contribution in [0.1, 0.15) is 0 Å². The number of alkyl halides is 1. The lowest BCUT2D eigenvalue weighted by molar-refractivity contribution is -0.317. The minimum atomic E-state index is -2.69. The Morgan fingerprint density at radius 2 is 1.89 bits per heavy atom. The van der Waals surface area contributed by atoms with Crippen molar-refractivity contribution in [2.24, 2.45) is 0 Å². The molecule has 9 heavy (non-hydrogen) atoms. The normalized spacial score (nSPS) is 8.44. The number of halogens is 1. The fourth-order valence-electron chi connectivity index (χ4n) is 0.109. The summed E-state index contributed by atoms with van der Waals surface area (Å²) in [6.45, 7) is 6.07. The van der Waals surface area contributed by atoms with Gasteiger partial charge in [-0.05, 0) is 0 Å². The smallest absolute Gasteiger partial charge is 0.0611 e. The first kappa shape index (κ1) is 12.1. The Morgan fingerprint density at radius 1 is 1.44 bits per heavy atom. The zero-order chi connectivity index (χ0) is 7.70. The van der Waals surface area contributed by atoms with Crippen LogP contribution in [0.15, 0.2) is 13.2 Å². The van der Waals surface area contributed by atoms with Crippen LogP contribution < -0.4 is 9.79 Å². The first-order chi connectivity index (χ1) is 4.27. The van der Waals surface area contributed by atoms with E-state index in [1.807, 2.05) is 0 Å². The quantitative estimate of drug-likeness (QED) is 0.340. The largest absolute Gasteiger partial charge is 0.820 e. The summed E-state index contributed by atoms with van der Waals surface area (Å²) in [7, 11) is -2.69. The van der Waals surface area contributed by atoms with E-state index < -0.39 is 8.60 Å².